The van der Waals surface area contributed by atoms with Gasteiger partial charge in [-0.2, -0.15) is 13.2 Å². The third-order valence-corrected chi connectivity index (χ3v) is 7.68. The molecule has 228 valence electrons. The van der Waals surface area contributed by atoms with Crippen molar-refractivity contribution in [3.05, 3.63) is 41.2 Å². The number of anilines is 2. The number of nitrogens with zero attached hydrogens (tertiary/aromatic N) is 4. The standard InChI is InChI=1S/C29H35F4N5O4/c1-16(2)15-42-28(41)37-7-6-19(14-37)20-8-24(25(10-23(20)30)38-12-17(3)36(5)18(4)13-38)35-27(40)21-11-34-26(39)9-22(21)29(31,32)33/h6,8-11,16-18,21H,7,12-15H2,1-5H3,(H,35,40)/t17-,18+,21?. The lowest BCUT2D eigenvalue weighted by atomic mass is 9.95. The first-order chi connectivity index (χ1) is 19.6. The molecule has 0 aliphatic carbocycles. The molecular formula is C29H35F4N5O4. The maximum absolute atomic E-state index is 15.7. The summed E-state index contributed by atoms with van der Waals surface area (Å²) in [6, 6.07) is 2.78. The summed E-state index contributed by atoms with van der Waals surface area (Å²) in [4.78, 5) is 46.1. The number of benzene rings is 1. The molecule has 1 aromatic rings. The molecule has 1 fully saturated rings. The number of rotatable bonds is 6. The zero-order chi connectivity index (χ0) is 30.9. The topological polar surface area (TPSA) is 94.5 Å². The number of halogens is 4. The number of nitrogens with one attached hydrogen (secondary N) is 1. The quantitative estimate of drug-likeness (QED) is 0.489. The van der Waals surface area contributed by atoms with Crippen LogP contribution < -0.4 is 10.2 Å². The first kappa shape index (κ1) is 31.2. The van der Waals surface area contributed by atoms with Crippen molar-refractivity contribution >= 4 is 41.1 Å². The van der Waals surface area contributed by atoms with Gasteiger partial charge < -0.3 is 19.9 Å². The van der Waals surface area contributed by atoms with E-state index in [0.717, 1.165) is 0 Å². The Morgan fingerprint density at radius 1 is 1.17 bits per heavy atom. The predicted octanol–water partition coefficient (Wildman–Crippen LogP) is 4.50. The van der Waals surface area contributed by atoms with Crippen LogP contribution in [0.4, 0.5) is 33.7 Å². The third-order valence-electron chi connectivity index (χ3n) is 7.68. The van der Waals surface area contributed by atoms with Crippen LogP contribution in [0.5, 0.6) is 0 Å². The Morgan fingerprint density at radius 2 is 1.83 bits per heavy atom. The highest BCUT2D eigenvalue weighted by Gasteiger charge is 2.43. The van der Waals surface area contributed by atoms with Gasteiger partial charge in [0.25, 0.3) is 5.91 Å². The first-order valence-corrected chi connectivity index (χ1v) is 13.7. The maximum atomic E-state index is 15.7. The molecule has 3 aliphatic rings. The number of carbonyl (C=O) groups excluding carboxylic acids is 3. The highest BCUT2D eigenvalue weighted by atomic mass is 19.4. The van der Waals surface area contributed by atoms with Crippen LogP contribution in [0, 0.1) is 17.7 Å². The normalized spacial score (nSPS) is 23.3. The second-order valence-corrected chi connectivity index (χ2v) is 11.4. The van der Waals surface area contributed by atoms with E-state index in [1.165, 1.54) is 17.0 Å². The smallest absolute Gasteiger partial charge is 0.414 e. The zero-order valence-corrected chi connectivity index (χ0v) is 24.2. The fourth-order valence-electron chi connectivity index (χ4n) is 5.16. The minimum absolute atomic E-state index is 0.0571. The van der Waals surface area contributed by atoms with Gasteiger partial charge in [-0.15, -0.1) is 0 Å². The van der Waals surface area contributed by atoms with Crippen molar-refractivity contribution in [2.24, 2.45) is 16.8 Å². The Labute approximate surface area is 241 Å². The van der Waals surface area contributed by atoms with Crippen molar-refractivity contribution in [1.29, 1.82) is 0 Å². The van der Waals surface area contributed by atoms with Crippen LogP contribution in [-0.4, -0.2) is 92.0 Å². The third kappa shape index (κ3) is 6.83. The van der Waals surface area contributed by atoms with Gasteiger partial charge in [0.1, 0.15) is 11.7 Å². The molecule has 1 aromatic carbocycles. The van der Waals surface area contributed by atoms with Gasteiger partial charge in [0.2, 0.25) is 5.91 Å². The van der Waals surface area contributed by atoms with Crippen molar-refractivity contribution in [3.63, 3.8) is 0 Å². The molecular weight excluding hydrogens is 558 g/mol. The molecule has 0 radical (unpaired) electrons. The molecule has 1 N–H and O–H groups in total. The number of likely N-dealkylation sites (N-methyl/N-ethyl adjacent to an activating group) is 1. The summed E-state index contributed by atoms with van der Waals surface area (Å²) in [6.07, 6.45) is -2.83. The minimum Gasteiger partial charge on any atom is -0.449 e. The van der Waals surface area contributed by atoms with E-state index in [1.54, 1.807) is 6.08 Å². The van der Waals surface area contributed by atoms with Gasteiger partial charge in [-0.25, -0.2) is 14.2 Å². The molecule has 42 heavy (non-hydrogen) atoms. The van der Waals surface area contributed by atoms with Crippen molar-refractivity contribution in [3.8, 4) is 0 Å². The van der Waals surface area contributed by atoms with E-state index < -0.39 is 41.4 Å². The van der Waals surface area contributed by atoms with Crippen LogP contribution in [0.25, 0.3) is 5.57 Å². The fraction of sp³-hybridized carbons (Fsp3) is 0.517. The molecule has 13 heteroatoms. The van der Waals surface area contributed by atoms with Gasteiger partial charge in [0.15, 0.2) is 0 Å². The van der Waals surface area contributed by atoms with E-state index in [4.69, 9.17) is 4.74 Å². The Bertz CT molecular complexity index is 1330. The molecule has 1 unspecified atom stereocenters. The Kier molecular flexibility index (Phi) is 9.09. The van der Waals surface area contributed by atoms with E-state index in [0.29, 0.717) is 36.6 Å². The van der Waals surface area contributed by atoms with E-state index in [9.17, 15) is 27.6 Å². The first-order valence-electron chi connectivity index (χ1n) is 13.7. The molecule has 3 heterocycles. The van der Waals surface area contributed by atoms with Crippen LogP contribution in [0.15, 0.2) is 34.9 Å². The van der Waals surface area contributed by atoms with Crippen molar-refractivity contribution in [2.45, 2.75) is 46.0 Å². The van der Waals surface area contributed by atoms with Gasteiger partial charge in [-0.05, 0) is 44.5 Å². The molecule has 3 aliphatic heterocycles. The summed E-state index contributed by atoms with van der Waals surface area (Å²) in [6.45, 7) is 9.24. The number of carbonyl (C=O) groups is 3. The summed E-state index contributed by atoms with van der Waals surface area (Å²) in [5, 5.41) is 2.56. The van der Waals surface area contributed by atoms with Crippen LogP contribution in [0.3, 0.4) is 0 Å². The van der Waals surface area contributed by atoms with Crippen molar-refractivity contribution in [2.75, 3.05) is 50.1 Å². The Hall–Kier alpha value is -3.74. The van der Waals surface area contributed by atoms with Gasteiger partial charge >= 0.3 is 12.3 Å². The van der Waals surface area contributed by atoms with E-state index in [-0.39, 0.29) is 48.9 Å². The number of alkyl halides is 3. The largest absolute Gasteiger partial charge is 0.449 e. The average Bonchev–Trinajstić information content (AvgIpc) is 3.40. The molecule has 3 atom stereocenters. The molecule has 0 spiro atoms. The summed E-state index contributed by atoms with van der Waals surface area (Å²) >= 11 is 0. The van der Waals surface area contributed by atoms with Gasteiger partial charge in [-0.1, -0.05) is 19.9 Å². The van der Waals surface area contributed by atoms with Crippen molar-refractivity contribution in [1.82, 2.24) is 9.80 Å². The van der Waals surface area contributed by atoms with E-state index in [1.807, 2.05) is 39.6 Å². The fourth-order valence-corrected chi connectivity index (χ4v) is 5.16. The Balaban J connectivity index is 1.67. The average molecular weight is 594 g/mol. The maximum Gasteiger partial charge on any atom is 0.414 e. The number of hydrogen-bond donors (Lipinski definition) is 1. The molecule has 9 nitrogen and oxygen atoms in total. The lowest BCUT2D eigenvalue weighted by Gasteiger charge is -2.44. The monoisotopic (exact) mass is 593 g/mol. The number of amides is 3. The number of dihydropyridines is 1. The highest BCUT2D eigenvalue weighted by Crippen LogP contribution is 2.37. The summed E-state index contributed by atoms with van der Waals surface area (Å²) in [7, 11) is 1.97. The summed E-state index contributed by atoms with van der Waals surface area (Å²) in [5.74, 6) is -4.51. The van der Waals surface area contributed by atoms with Gasteiger partial charge in [0, 0.05) is 56.1 Å². The van der Waals surface area contributed by atoms with E-state index >= 15 is 4.39 Å². The molecule has 3 amide bonds. The number of ether oxygens (including phenoxy) is 1. The second kappa shape index (κ2) is 12.2. The van der Waals surface area contributed by atoms with E-state index in [2.05, 4.69) is 15.2 Å². The number of aliphatic imine (C=N–C) groups is 1. The predicted molar refractivity (Wildman–Crippen MR) is 151 cm³/mol. The van der Waals surface area contributed by atoms with Crippen molar-refractivity contribution < 1.29 is 36.7 Å². The molecule has 4 rings (SSSR count). The second-order valence-electron chi connectivity index (χ2n) is 11.4. The SMILES string of the molecule is CC(C)COC(=O)N1CC=C(c2cc(NC(=O)C3C=NC(=O)C=C3C(F)(F)F)c(N3C[C@@H](C)N(C)[C@@H](C)C3)cc2F)C1. The minimum atomic E-state index is -4.94. The summed E-state index contributed by atoms with van der Waals surface area (Å²) < 4.78 is 62.1. The lowest BCUT2D eigenvalue weighted by molar-refractivity contribution is -0.124. The molecule has 0 saturated carbocycles. The van der Waals surface area contributed by atoms with Crippen LogP contribution in [-0.2, 0) is 14.3 Å². The Morgan fingerprint density at radius 3 is 2.45 bits per heavy atom. The molecule has 1 saturated heterocycles. The van der Waals surface area contributed by atoms with Crippen LogP contribution >= 0.6 is 0 Å². The number of piperazine rings is 1. The van der Waals surface area contributed by atoms with Gasteiger partial charge in [-0.3, -0.25) is 14.5 Å². The zero-order valence-electron chi connectivity index (χ0n) is 24.2. The van der Waals surface area contributed by atoms with Crippen LogP contribution in [0.1, 0.15) is 33.3 Å². The molecule has 0 bridgehead atoms. The number of hydrogen-bond acceptors (Lipinski definition) is 6. The van der Waals surface area contributed by atoms with Gasteiger partial charge in [0.05, 0.1) is 23.6 Å². The lowest BCUT2D eigenvalue weighted by Crippen LogP contribution is -2.55. The summed E-state index contributed by atoms with van der Waals surface area (Å²) in [5.41, 5.74) is -0.349. The van der Waals surface area contributed by atoms with Crippen LogP contribution in [0.2, 0.25) is 0 Å². The molecule has 0 aromatic heterocycles. The highest BCUT2D eigenvalue weighted by molar-refractivity contribution is 6.11.